The molecule has 0 N–H and O–H groups in total. The van der Waals surface area contributed by atoms with Crippen LogP contribution >= 0.6 is 0 Å². The van der Waals surface area contributed by atoms with Gasteiger partial charge in [0.15, 0.2) is 11.5 Å². The zero-order chi connectivity index (χ0) is 22.4. The first-order valence-electron chi connectivity index (χ1n) is 9.97. The Bertz CT molecular complexity index is 1490. The summed E-state index contributed by atoms with van der Waals surface area (Å²) in [7, 11) is 1.85. The molecule has 6 nitrogen and oxygen atoms in total. The van der Waals surface area contributed by atoms with Gasteiger partial charge in [-0.05, 0) is 37.6 Å². The fourth-order valence-electron chi connectivity index (χ4n) is 3.52. The summed E-state index contributed by atoms with van der Waals surface area (Å²) in [5.74, 6) is -1.01. The van der Waals surface area contributed by atoms with E-state index in [2.05, 4.69) is 25.0 Å². The second kappa shape index (κ2) is 7.56. The van der Waals surface area contributed by atoms with Crippen molar-refractivity contribution in [1.29, 1.82) is 0 Å². The number of hydrogen-bond donors (Lipinski definition) is 0. The third kappa shape index (κ3) is 3.49. The molecule has 0 aliphatic carbocycles. The average Bonchev–Trinajstić information content (AvgIpc) is 3.21. The Balaban J connectivity index is 1.75. The number of halogens is 2. The van der Waals surface area contributed by atoms with Crippen LogP contribution in [0, 0.1) is 25.5 Å². The van der Waals surface area contributed by atoms with E-state index in [1.165, 1.54) is 12.1 Å². The van der Waals surface area contributed by atoms with E-state index >= 15 is 0 Å². The lowest BCUT2D eigenvalue weighted by Gasteiger charge is -2.11. The molecule has 32 heavy (non-hydrogen) atoms. The average molecular weight is 428 g/mol. The zero-order valence-electron chi connectivity index (χ0n) is 17.6. The standard InChI is InChI=1S/C24H18F2N6/c1-13-14(2)29-24-22(28-13)21(19-8-7-18(25)10-20(19)26)30-23(31-24)16-6-4-5-15(9-16)17-11-27-32(3)12-17/h4-12H,1-3H3. The Morgan fingerprint density at radius 1 is 0.812 bits per heavy atom. The molecule has 0 saturated carbocycles. The highest BCUT2D eigenvalue weighted by Gasteiger charge is 2.18. The lowest BCUT2D eigenvalue weighted by atomic mass is 10.0. The van der Waals surface area contributed by atoms with Gasteiger partial charge < -0.3 is 0 Å². The number of aryl methyl sites for hydroxylation is 3. The predicted molar refractivity (Wildman–Crippen MR) is 118 cm³/mol. The topological polar surface area (TPSA) is 69.4 Å². The number of benzene rings is 2. The Labute approximate surface area is 182 Å². The van der Waals surface area contributed by atoms with E-state index in [0.717, 1.165) is 28.5 Å². The minimum absolute atomic E-state index is 0.140. The summed E-state index contributed by atoms with van der Waals surface area (Å²) < 4.78 is 30.0. The monoisotopic (exact) mass is 428 g/mol. The first-order chi connectivity index (χ1) is 15.4. The number of aromatic nitrogens is 6. The summed E-state index contributed by atoms with van der Waals surface area (Å²) in [6, 6.07) is 11.1. The summed E-state index contributed by atoms with van der Waals surface area (Å²) in [5, 5.41) is 4.22. The molecule has 0 saturated heterocycles. The number of fused-ring (bicyclic) bond motifs is 1. The predicted octanol–water partition coefficient (Wildman–Crippen LogP) is 5.05. The van der Waals surface area contributed by atoms with Crippen LogP contribution < -0.4 is 0 Å². The SMILES string of the molecule is Cc1nc2nc(-c3cccc(-c4cnn(C)c4)c3)nc(-c3ccc(F)cc3F)c2nc1C. The van der Waals surface area contributed by atoms with Gasteiger partial charge in [0, 0.05) is 36.0 Å². The van der Waals surface area contributed by atoms with Crippen LogP contribution in [0.2, 0.25) is 0 Å². The molecule has 0 aliphatic rings. The van der Waals surface area contributed by atoms with E-state index < -0.39 is 11.6 Å². The first-order valence-corrected chi connectivity index (χ1v) is 9.97. The summed E-state index contributed by atoms with van der Waals surface area (Å²) in [5.41, 5.74) is 5.16. The van der Waals surface area contributed by atoms with E-state index in [1.807, 2.05) is 51.4 Å². The summed E-state index contributed by atoms with van der Waals surface area (Å²) >= 11 is 0. The van der Waals surface area contributed by atoms with Crippen molar-refractivity contribution >= 4 is 11.2 Å². The highest BCUT2D eigenvalue weighted by molar-refractivity contribution is 5.89. The van der Waals surface area contributed by atoms with Gasteiger partial charge in [0.2, 0.25) is 0 Å². The highest BCUT2D eigenvalue weighted by atomic mass is 19.1. The second-order valence-corrected chi connectivity index (χ2v) is 7.57. The van der Waals surface area contributed by atoms with Crippen LogP contribution in [0.25, 0.3) is 44.9 Å². The molecule has 0 spiro atoms. The van der Waals surface area contributed by atoms with E-state index in [9.17, 15) is 8.78 Å². The zero-order valence-corrected chi connectivity index (χ0v) is 17.6. The van der Waals surface area contributed by atoms with E-state index in [0.29, 0.717) is 22.7 Å². The van der Waals surface area contributed by atoms with Crippen LogP contribution in [0.1, 0.15) is 11.4 Å². The largest absolute Gasteiger partial charge is 0.275 e. The molecular formula is C24H18F2N6. The van der Waals surface area contributed by atoms with Crippen molar-refractivity contribution in [3.05, 3.63) is 77.9 Å². The molecule has 0 atom stereocenters. The minimum Gasteiger partial charge on any atom is -0.275 e. The minimum atomic E-state index is -0.722. The van der Waals surface area contributed by atoms with Crippen molar-refractivity contribution in [1.82, 2.24) is 29.7 Å². The van der Waals surface area contributed by atoms with Crippen molar-refractivity contribution in [3.63, 3.8) is 0 Å². The van der Waals surface area contributed by atoms with Gasteiger partial charge in [0.1, 0.15) is 22.8 Å². The molecule has 0 amide bonds. The molecule has 0 bridgehead atoms. The number of rotatable bonds is 3. The summed E-state index contributed by atoms with van der Waals surface area (Å²) in [6.07, 6.45) is 3.69. The van der Waals surface area contributed by atoms with Crippen molar-refractivity contribution in [2.45, 2.75) is 13.8 Å². The van der Waals surface area contributed by atoms with Gasteiger partial charge in [0.25, 0.3) is 0 Å². The smallest absolute Gasteiger partial charge is 0.182 e. The molecule has 0 unspecified atom stereocenters. The molecule has 0 fully saturated rings. The maximum atomic E-state index is 14.7. The van der Waals surface area contributed by atoms with Gasteiger partial charge >= 0.3 is 0 Å². The Morgan fingerprint density at radius 2 is 1.59 bits per heavy atom. The number of hydrogen-bond acceptors (Lipinski definition) is 5. The third-order valence-corrected chi connectivity index (χ3v) is 5.29. The Morgan fingerprint density at radius 3 is 2.34 bits per heavy atom. The normalized spacial score (nSPS) is 11.3. The van der Waals surface area contributed by atoms with E-state index in [4.69, 9.17) is 0 Å². The molecule has 5 aromatic rings. The molecule has 158 valence electrons. The maximum absolute atomic E-state index is 14.7. The molecule has 3 aromatic heterocycles. The third-order valence-electron chi connectivity index (χ3n) is 5.29. The molecule has 0 radical (unpaired) electrons. The lowest BCUT2D eigenvalue weighted by molar-refractivity contribution is 0.585. The second-order valence-electron chi connectivity index (χ2n) is 7.57. The van der Waals surface area contributed by atoms with Crippen LogP contribution in [-0.4, -0.2) is 29.7 Å². The van der Waals surface area contributed by atoms with E-state index in [-0.39, 0.29) is 11.3 Å². The summed E-state index contributed by atoms with van der Waals surface area (Å²) in [6.45, 7) is 3.66. The maximum Gasteiger partial charge on any atom is 0.182 e. The van der Waals surface area contributed by atoms with Crippen LogP contribution in [0.5, 0.6) is 0 Å². The van der Waals surface area contributed by atoms with Gasteiger partial charge in [0.05, 0.1) is 17.6 Å². The van der Waals surface area contributed by atoms with Crippen LogP contribution in [0.15, 0.2) is 54.9 Å². The van der Waals surface area contributed by atoms with Gasteiger partial charge in [-0.3, -0.25) is 4.68 Å². The molecular weight excluding hydrogens is 410 g/mol. The highest BCUT2D eigenvalue weighted by Crippen LogP contribution is 2.31. The van der Waals surface area contributed by atoms with E-state index in [1.54, 1.807) is 10.9 Å². The molecule has 2 aromatic carbocycles. The van der Waals surface area contributed by atoms with Gasteiger partial charge in [-0.25, -0.2) is 28.7 Å². The fourth-order valence-corrected chi connectivity index (χ4v) is 3.52. The molecule has 8 heteroatoms. The van der Waals surface area contributed by atoms with Gasteiger partial charge in [-0.15, -0.1) is 0 Å². The van der Waals surface area contributed by atoms with Gasteiger partial charge in [-0.1, -0.05) is 18.2 Å². The first kappa shape index (κ1) is 19.9. The number of nitrogens with zero attached hydrogens (tertiary/aromatic N) is 6. The van der Waals surface area contributed by atoms with Crippen molar-refractivity contribution in [2.75, 3.05) is 0 Å². The fraction of sp³-hybridized carbons (Fsp3) is 0.125. The Hall–Kier alpha value is -4.07. The molecule has 0 aliphatic heterocycles. The van der Waals surface area contributed by atoms with Crippen LogP contribution in [-0.2, 0) is 7.05 Å². The van der Waals surface area contributed by atoms with Crippen LogP contribution in [0.4, 0.5) is 8.78 Å². The van der Waals surface area contributed by atoms with Crippen molar-refractivity contribution in [2.24, 2.45) is 7.05 Å². The van der Waals surface area contributed by atoms with Crippen molar-refractivity contribution < 1.29 is 8.78 Å². The molecule has 3 heterocycles. The van der Waals surface area contributed by atoms with Crippen LogP contribution in [0.3, 0.4) is 0 Å². The van der Waals surface area contributed by atoms with Gasteiger partial charge in [-0.2, -0.15) is 5.10 Å². The molecule has 5 rings (SSSR count). The van der Waals surface area contributed by atoms with Crippen molar-refractivity contribution in [3.8, 4) is 33.8 Å². The lowest BCUT2D eigenvalue weighted by Crippen LogP contribution is -2.03. The summed E-state index contributed by atoms with van der Waals surface area (Å²) in [4.78, 5) is 18.4. The quantitative estimate of drug-likeness (QED) is 0.402. The Kier molecular flexibility index (Phi) is 4.70.